The normalized spacial score (nSPS) is 30.5. The predicted molar refractivity (Wildman–Crippen MR) is 199 cm³/mol. The fourth-order valence-electron chi connectivity index (χ4n) is 10.6. The van der Waals surface area contributed by atoms with Crippen molar-refractivity contribution in [1.82, 2.24) is 14.8 Å². The minimum absolute atomic E-state index is 0.000132. The molecule has 0 bridgehead atoms. The molecule has 0 spiro atoms. The fraction of sp³-hybridized carbons (Fsp3) is 0.372. The van der Waals surface area contributed by atoms with Gasteiger partial charge in [-0.2, -0.15) is 5.10 Å². The van der Waals surface area contributed by atoms with Crippen molar-refractivity contribution in [3.05, 3.63) is 114 Å². The summed E-state index contributed by atoms with van der Waals surface area (Å²) in [4.78, 5) is 19.0. The predicted octanol–water partition coefficient (Wildman–Crippen LogP) is 8.58. The number of hydrogen-bond donors (Lipinski definition) is 2. The van der Waals surface area contributed by atoms with Crippen molar-refractivity contribution < 1.29 is 23.8 Å². The molecule has 2 heterocycles. The first-order chi connectivity index (χ1) is 25.1. The average Bonchev–Trinajstić information content (AvgIpc) is 3.84. The molecule has 2 N–H and O–H groups in total. The zero-order valence-electron chi connectivity index (χ0n) is 29.3. The van der Waals surface area contributed by atoms with Gasteiger partial charge in [0, 0.05) is 16.5 Å². The van der Waals surface area contributed by atoms with Crippen LogP contribution in [-0.2, 0) is 11.2 Å². The van der Waals surface area contributed by atoms with Gasteiger partial charge in [0.05, 0.1) is 29.4 Å². The highest BCUT2D eigenvalue weighted by atomic mass is 32.2. The van der Waals surface area contributed by atoms with E-state index in [9.17, 15) is 19.4 Å². The lowest BCUT2D eigenvalue weighted by Crippen LogP contribution is -2.62. The lowest BCUT2D eigenvalue weighted by Gasteiger charge is -2.60. The molecule has 0 amide bonds. The summed E-state index contributed by atoms with van der Waals surface area (Å²) in [6.45, 7) is 4.32. The molecular weight excluding hydrogens is 674 g/mol. The number of oxazole rings is 1. The number of aliphatic hydroxyl groups is 2. The van der Waals surface area contributed by atoms with Gasteiger partial charge in [0.15, 0.2) is 11.5 Å². The van der Waals surface area contributed by atoms with Gasteiger partial charge in [0.2, 0.25) is 0 Å². The third-order valence-corrected chi connectivity index (χ3v) is 14.0. The number of carbonyl (C=O) groups is 1. The minimum atomic E-state index is -1.55. The van der Waals surface area contributed by atoms with Crippen molar-refractivity contribution in [3.8, 4) is 28.3 Å². The number of nitrogens with zero attached hydrogens (tertiary/aromatic N) is 3. The summed E-state index contributed by atoms with van der Waals surface area (Å²) in [6.07, 6.45) is 7.50. The summed E-state index contributed by atoms with van der Waals surface area (Å²) < 4.78 is 21.8. The number of thioether (sulfide) groups is 1. The number of rotatable bonds is 7. The van der Waals surface area contributed by atoms with Gasteiger partial charge in [-0.15, -0.1) is 0 Å². The lowest BCUT2D eigenvalue weighted by atomic mass is 9.45. The summed E-state index contributed by atoms with van der Waals surface area (Å²) in [7, 11) is 0. The topological polar surface area (TPSA) is 101 Å². The lowest BCUT2D eigenvalue weighted by molar-refractivity contribution is -0.177. The van der Waals surface area contributed by atoms with E-state index in [1.54, 1.807) is 12.1 Å². The second-order valence-electron chi connectivity index (χ2n) is 15.7. The van der Waals surface area contributed by atoms with E-state index in [4.69, 9.17) is 14.5 Å². The second-order valence-corrected chi connectivity index (χ2v) is 16.7. The highest BCUT2D eigenvalue weighted by molar-refractivity contribution is 7.99. The monoisotopic (exact) mass is 715 g/mol. The van der Waals surface area contributed by atoms with Crippen LogP contribution in [0.5, 0.6) is 0 Å². The fourth-order valence-corrected chi connectivity index (χ4v) is 11.4. The van der Waals surface area contributed by atoms with Crippen molar-refractivity contribution in [1.29, 1.82) is 0 Å². The second kappa shape index (κ2) is 12.4. The maximum Gasteiger partial charge on any atom is 0.257 e. The Morgan fingerprint density at radius 3 is 2.44 bits per heavy atom. The first kappa shape index (κ1) is 33.5. The van der Waals surface area contributed by atoms with Crippen molar-refractivity contribution in [3.63, 3.8) is 0 Å². The van der Waals surface area contributed by atoms with E-state index in [0.29, 0.717) is 29.5 Å². The van der Waals surface area contributed by atoms with Crippen molar-refractivity contribution >= 4 is 23.6 Å². The van der Waals surface area contributed by atoms with Crippen LogP contribution in [0.25, 0.3) is 34.3 Å². The summed E-state index contributed by atoms with van der Waals surface area (Å²) in [5.74, 6) is 0.442. The Morgan fingerprint density at radius 2 is 1.71 bits per heavy atom. The number of fused-ring (bicyclic) bond motifs is 6. The minimum Gasteiger partial charge on any atom is -0.431 e. The number of benzene rings is 3. The number of allylic oxidation sites excluding steroid dienone is 1. The Bertz CT molecular complexity index is 2130. The van der Waals surface area contributed by atoms with Crippen LogP contribution in [0.4, 0.5) is 4.39 Å². The van der Waals surface area contributed by atoms with Gasteiger partial charge in [-0.25, -0.2) is 14.1 Å². The Hall–Kier alpha value is -4.31. The largest absolute Gasteiger partial charge is 0.431 e. The zero-order chi connectivity index (χ0) is 35.8. The molecule has 9 rings (SSSR count). The third-order valence-electron chi connectivity index (χ3n) is 13.1. The number of hydrogen-bond acceptors (Lipinski definition) is 7. The summed E-state index contributed by atoms with van der Waals surface area (Å²) in [6, 6.07) is 26.1. The van der Waals surface area contributed by atoms with Crippen LogP contribution >= 0.6 is 11.8 Å². The van der Waals surface area contributed by atoms with Crippen LogP contribution in [0.2, 0.25) is 0 Å². The Morgan fingerprint density at radius 1 is 1.00 bits per heavy atom. The van der Waals surface area contributed by atoms with E-state index in [0.717, 1.165) is 53.8 Å². The zero-order valence-corrected chi connectivity index (χ0v) is 30.2. The first-order valence-electron chi connectivity index (χ1n) is 18.3. The van der Waals surface area contributed by atoms with E-state index in [1.165, 1.54) is 29.5 Å². The van der Waals surface area contributed by atoms with Gasteiger partial charge in [-0.3, -0.25) is 4.79 Å². The smallest absolute Gasteiger partial charge is 0.257 e. The van der Waals surface area contributed by atoms with Crippen LogP contribution in [-0.4, -0.2) is 48.2 Å². The average molecular weight is 716 g/mol. The van der Waals surface area contributed by atoms with Crippen LogP contribution in [0.3, 0.4) is 0 Å². The standard InChI is InChI=1S/C43H42FN3O4S/c1-41-22-28-24-45-47(31-16-14-30(44)15-17-31)34(28)21-29(41)13-18-32-33-19-20-43(50,42(33,2)23-35(48)37(32)41)36(49)25-52-40-46-38(26-9-5-3-6-10-26)39(51-40)27-11-7-4-8-12-27/h3-12,14-17,21,24,32-33,35,37,48,50H,13,18-20,22-23,25H2,1-2H3. The number of aromatic nitrogens is 3. The molecule has 3 aromatic carbocycles. The molecule has 3 fully saturated rings. The first-order valence-corrected chi connectivity index (χ1v) is 19.3. The molecule has 52 heavy (non-hydrogen) atoms. The maximum absolute atomic E-state index is 14.2. The Labute approximate surface area is 307 Å². The molecule has 0 saturated heterocycles. The maximum atomic E-state index is 14.2. The van der Waals surface area contributed by atoms with E-state index in [2.05, 4.69) is 13.0 Å². The molecule has 4 aliphatic rings. The molecule has 9 heteroatoms. The quantitative estimate of drug-likeness (QED) is 0.163. The number of Topliss-reactive ketones (excluding diaryl/α,β-unsaturated/α-hetero) is 1. The van der Waals surface area contributed by atoms with Gasteiger partial charge in [0.25, 0.3) is 5.22 Å². The molecule has 7 nitrogen and oxygen atoms in total. The summed E-state index contributed by atoms with van der Waals surface area (Å²) >= 11 is 1.22. The highest BCUT2D eigenvalue weighted by Gasteiger charge is 2.68. The van der Waals surface area contributed by atoms with Crippen LogP contribution in [0.15, 0.2) is 106 Å². The molecular formula is C43H42FN3O4S. The van der Waals surface area contributed by atoms with Gasteiger partial charge in [0.1, 0.15) is 17.1 Å². The number of aliphatic hydroxyl groups excluding tert-OH is 1. The van der Waals surface area contributed by atoms with Crippen LogP contribution < -0.4 is 0 Å². The molecule has 2 aromatic heterocycles. The molecule has 266 valence electrons. The number of carbonyl (C=O) groups excluding carboxylic acids is 1. The molecule has 5 aromatic rings. The van der Waals surface area contributed by atoms with Crippen molar-refractivity contribution in [2.45, 2.75) is 69.3 Å². The van der Waals surface area contributed by atoms with E-state index in [-0.39, 0.29) is 40.5 Å². The van der Waals surface area contributed by atoms with Crippen LogP contribution in [0.1, 0.15) is 57.2 Å². The third kappa shape index (κ3) is 5.11. The van der Waals surface area contributed by atoms with E-state index >= 15 is 0 Å². The highest BCUT2D eigenvalue weighted by Crippen LogP contribution is 2.67. The SMILES string of the molecule is CC12Cc3cnn(-c4ccc(F)cc4)c3C=C1CCC1C2C(O)CC2(C)C1CCC2(O)C(=O)CSc1nc(-c2ccccc2)c(-c2ccccc2)o1. The van der Waals surface area contributed by atoms with Crippen molar-refractivity contribution in [2.75, 3.05) is 5.75 Å². The molecule has 4 aliphatic carbocycles. The Balaban J connectivity index is 0.956. The van der Waals surface area contributed by atoms with E-state index in [1.807, 2.05) is 78.5 Å². The summed E-state index contributed by atoms with van der Waals surface area (Å²) in [5.41, 5.74) is 4.22. The number of halogens is 1. The van der Waals surface area contributed by atoms with Gasteiger partial charge >= 0.3 is 0 Å². The number of ketones is 1. The molecule has 3 saturated carbocycles. The van der Waals surface area contributed by atoms with E-state index < -0.39 is 17.1 Å². The molecule has 0 aliphatic heterocycles. The van der Waals surface area contributed by atoms with Crippen LogP contribution in [0, 0.1) is 34.4 Å². The van der Waals surface area contributed by atoms with Crippen molar-refractivity contribution in [2.24, 2.45) is 28.6 Å². The molecule has 7 unspecified atom stereocenters. The molecule has 7 atom stereocenters. The molecule has 0 radical (unpaired) electrons. The van der Waals surface area contributed by atoms with Gasteiger partial charge in [-0.05, 0) is 97.6 Å². The van der Waals surface area contributed by atoms with Gasteiger partial charge < -0.3 is 14.6 Å². The van der Waals surface area contributed by atoms with Gasteiger partial charge in [-0.1, -0.05) is 91.8 Å². The Kier molecular flexibility index (Phi) is 7.99. The summed E-state index contributed by atoms with van der Waals surface area (Å²) in [5, 5.41) is 29.6.